The van der Waals surface area contributed by atoms with Crippen LogP contribution in [-0.2, 0) is 0 Å². The normalized spacial score (nSPS) is 12.7. The molecule has 1 aliphatic rings. The van der Waals surface area contributed by atoms with Crippen LogP contribution in [0.15, 0.2) is 66.7 Å². The lowest BCUT2D eigenvalue weighted by Gasteiger charge is -2.06. The average Bonchev–Trinajstić information content (AvgIpc) is 3.09. The minimum atomic E-state index is 0.308. The molecule has 0 saturated heterocycles. The second kappa shape index (κ2) is 6.25. The molecule has 1 heterocycles. The molecule has 1 aliphatic heterocycles. The maximum atomic E-state index is 5.41. The van der Waals surface area contributed by atoms with Crippen LogP contribution in [0.4, 0.5) is 0 Å². The van der Waals surface area contributed by atoms with E-state index in [1.165, 1.54) is 22.3 Å². The van der Waals surface area contributed by atoms with Gasteiger partial charge in [-0.25, -0.2) is 0 Å². The molecule has 0 atom stereocenters. The predicted octanol–water partition coefficient (Wildman–Crippen LogP) is 5.56. The van der Waals surface area contributed by atoms with Crippen molar-refractivity contribution in [3.05, 3.63) is 83.4 Å². The van der Waals surface area contributed by atoms with Crippen LogP contribution in [0, 0.1) is 6.92 Å². The molecular weight excluding hydrogens is 296 g/mol. The van der Waals surface area contributed by atoms with Gasteiger partial charge in [-0.05, 0) is 46.9 Å². The van der Waals surface area contributed by atoms with Crippen LogP contribution >= 0.6 is 0 Å². The number of fused-ring (bicyclic) bond motifs is 1. The van der Waals surface area contributed by atoms with Crippen molar-refractivity contribution >= 4 is 12.2 Å². The van der Waals surface area contributed by atoms with Crippen LogP contribution in [0.3, 0.4) is 0 Å². The Hall–Kier alpha value is -3.00. The summed E-state index contributed by atoms with van der Waals surface area (Å²) < 4.78 is 10.7. The Balaban J connectivity index is 1.54. The summed E-state index contributed by atoms with van der Waals surface area (Å²) in [5.74, 6) is 1.63. The molecule has 118 valence electrons. The van der Waals surface area contributed by atoms with Gasteiger partial charge >= 0.3 is 0 Å². The number of aryl methyl sites for hydroxylation is 1. The highest BCUT2D eigenvalue weighted by molar-refractivity contribution is 5.73. The second-order valence-corrected chi connectivity index (χ2v) is 5.88. The van der Waals surface area contributed by atoms with Gasteiger partial charge in [-0.3, -0.25) is 0 Å². The zero-order chi connectivity index (χ0) is 16.4. The Bertz CT molecular complexity index is 892. The molecule has 0 N–H and O–H groups in total. The third-order valence-corrected chi connectivity index (χ3v) is 4.23. The fourth-order valence-electron chi connectivity index (χ4n) is 2.88. The zero-order valence-electron chi connectivity index (χ0n) is 13.5. The summed E-state index contributed by atoms with van der Waals surface area (Å²) in [6, 6.07) is 23.1. The lowest BCUT2D eigenvalue weighted by Crippen LogP contribution is -1.92. The van der Waals surface area contributed by atoms with Crippen molar-refractivity contribution in [3.63, 3.8) is 0 Å². The van der Waals surface area contributed by atoms with E-state index in [1.54, 1.807) is 0 Å². The first-order chi connectivity index (χ1) is 11.8. The van der Waals surface area contributed by atoms with E-state index in [-0.39, 0.29) is 0 Å². The van der Waals surface area contributed by atoms with Gasteiger partial charge in [-0.2, -0.15) is 0 Å². The molecule has 0 unspecified atom stereocenters. The first-order valence-corrected chi connectivity index (χ1v) is 8.03. The SMILES string of the molecule is Cc1ccccc1-c1ccc(/C=C/c2ccc3c(c2)OCO3)cc1. The summed E-state index contributed by atoms with van der Waals surface area (Å²) in [7, 11) is 0. The topological polar surface area (TPSA) is 18.5 Å². The molecular formula is C22H18O2. The van der Waals surface area contributed by atoms with E-state index >= 15 is 0 Å². The number of rotatable bonds is 3. The maximum Gasteiger partial charge on any atom is 0.231 e. The Morgan fingerprint density at radius 1 is 0.750 bits per heavy atom. The Morgan fingerprint density at radius 3 is 2.29 bits per heavy atom. The second-order valence-electron chi connectivity index (χ2n) is 5.88. The highest BCUT2D eigenvalue weighted by atomic mass is 16.7. The van der Waals surface area contributed by atoms with E-state index in [4.69, 9.17) is 9.47 Å². The lowest BCUT2D eigenvalue weighted by atomic mass is 9.99. The molecule has 3 aromatic carbocycles. The fourth-order valence-corrected chi connectivity index (χ4v) is 2.88. The minimum Gasteiger partial charge on any atom is -0.454 e. The van der Waals surface area contributed by atoms with Crippen LogP contribution in [0.5, 0.6) is 11.5 Å². The van der Waals surface area contributed by atoms with Crippen molar-refractivity contribution in [2.45, 2.75) is 6.92 Å². The van der Waals surface area contributed by atoms with Gasteiger partial charge in [-0.15, -0.1) is 0 Å². The van der Waals surface area contributed by atoms with E-state index in [1.807, 2.05) is 18.2 Å². The van der Waals surface area contributed by atoms with Crippen molar-refractivity contribution in [2.24, 2.45) is 0 Å². The van der Waals surface area contributed by atoms with Crippen molar-refractivity contribution < 1.29 is 9.47 Å². The zero-order valence-corrected chi connectivity index (χ0v) is 13.5. The van der Waals surface area contributed by atoms with Gasteiger partial charge in [0, 0.05) is 0 Å². The maximum absolute atomic E-state index is 5.41. The molecule has 2 nitrogen and oxygen atoms in total. The number of hydrogen-bond donors (Lipinski definition) is 0. The minimum absolute atomic E-state index is 0.308. The molecule has 2 heteroatoms. The first-order valence-electron chi connectivity index (χ1n) is 8.03. The molecule has 0 fully saturated rings. The Kier molecular flexibility index (Phi) is 3.80. The summed E-state index contributed by atoms with van der Waals surface area (Å²) in [6.07, 6.45) is 4.20. The van der Waals surface area contributed by atoms with Crippen molar-refractivity contribution in [2.75, 3.05) is 6.79 Å². The van der Waals surface area contributed by atoms with Crippen LogP contribution < -0.4 is 9.47 Å². The summed E-state index contributed by atoms with van der Waals surface area (Å²) in [5.41, 5.74) is 6.09. The number of ether oxygens (including phenoxy) is 2. The molecule has 0 bridgehead atoms. The fraction of sp³-hybridized carbons (Fsp3) is 0.0909. The molecule has 0 aromatic heterocycles. The van der Waals surface area contributed by atoms with Crippen LogP contribution in [-0.4, -0.2) is 6.79 Å². The van der Waals surface area contributed by atoms with Gasteiger partial charge in [-0.1, -0.05) is 66.7 Å². The Morgan fingerprint density at radius 2 is 1.46 bits per heavy atom. The van der Waals surface area contributed by atoms with Crippen molar-refractivity contribution in [1.82, 2.24) is 0 Å². The summed E-state index contributed by atoms with van der Waals surface area (Å²) >= 11 is 0. The van der Waals surface area contributed by atoms with E-state index in [0.717, 1.165) is 17.1 Å². The van der Waals surface area contributed by atoms with E-state index in [9.17, 15) is 0 Å². The molecule has 0 aliphatic carbocycles. The smallest absolute Gasteiger partial charge is 0.231 e. The molecule has 24 heavy (non-hydrogen) atoms. The first kappa shape index (κ1) is 14.6. The Labute approximate surface area is 142 Å². The standard InChI is InChI=1S/C22H18O2/c1-16-4-2-3-5-20(16)19-11-8-17(9-12-19)6-7-18-10-13-21-22(14-18)24-15-23-21/h2-14H,15H2,1H3/b7-6+. The average molecular weight is 314 g/mol. The van der Waals surface area contributed by atoms with Crippen LogP contribution in [0.1, 0.15) is 16.7 Å². The van der Waals surface area contributed by atoms with E-state index < -0.39 is 0 Å². The largest absolute Gasteiger partial charge is 0.454 e. The van der Waals surface area contributed by atoms with Gasteiger partial charge in [0.2, 0.25) is 6.79 Å². The highest BCUT2D eigenvalue weighted by Crippen LogP contribution is 2.33. The van der Waals surface area contributed by atoms with Gasteiger partial charge in [0.05, 0.1) is 0 Å². The van der Waals surface area contributed by atoms with Crippen LogP contribution in [0.2, 0.25) is 0 Å². The van der Waals surface area contributed by atoms with Gasteiger partial charge in [0.15, 0.2) is 11.5 Å². The monoisotopic (exact) mass is 314 g/mol. The molecule has 0 saturated carbocycles. The lowest BCUT2D eigenvalue weighted by molar-refractivity contribution is 0.174. The molecule has 0 radical (unpaired) electrons. The molecule has 4 rings (SSSR count). The van der Waals surface area contributed by atoms with Gasteiger partial charge in [0.1, 0.15) is 0 Å². The van der Waals surface area contributed by atoms with Crippen molar-refractivity contribution in [3.8, 4) is 22.6 Å². The van der Waals surface area contributed by atoms with E-state index in [0.29, 0.717) is 6.79 Å². The number of hydrogen-bond acceptors (Lipinski definition) is 2. The number of benzene rings is 3. The summed E-state index contributed by atoms with van der Waals surface area (Å²) in [5, 5.41) is 0. The molecule has 0 amide bonds. The van der Waals surface area contributed by atoms with E-state index in [2.05, 4.69) is 67.6 Å². The predicted molar refractivity (Wildman–Crippen MR) is 98.1 cm³/mol. The highest BCUT2D eigenvalue weighted by Gasteiger charge is 2.12. The van der Waals surface area contributed by atoms with Gasteiger partial charge < -0.3 is 9.47 Å². The molecule has 3 aromatic rings. The molecule has 0 spiro atoms. The summed E-state index contributed by atoms with van der Waals surface area (Å²) in [6.45, 7) is 2.45. The van der Waals surface area contributed by atoms with Gasteiger partial charge in [0.25, 0.3) is 0 Å². The van der Waals surface area contributed by atoms with Crippen molar-refractivity contribution in [1.29, 1.82) is 0 Å². The third-order valence-electron chi connectivity index (χ3n) is 4.23. The van der Waals surface area contributed by atoms with Crippen LogP contribution in [0.25, 0.3) is 23.3 Å². The summed E-state index contributed by atoms with van der Waals surface area (Å²) in [4.78, 5) is 0. The quantitative estimate of drug-likeness (QED) is 0.589. The third kappa shape index (κ3) is 2.91.